The Balaban J connectivity index is 2.30. The lowest BCUT2D eigenvalue weighted by Crippen LogP contribution is -2.20. The summed E-state index contributed by atoms with van der Waals surface area (Å²) in [5, 5.41) is 2.76. The number of amides is 2. The number of methoxy groups -OCH3 is 3. The van der Waals surface area contributed by atoms with Crippen LogP contribution >= 0.6 is 0 Å². The summed E-state index contributed by atoms with van der Waals surface area (Å²) >= 11 is 0. The standard InChI is InChI=1S/C18H20N2O6/c1-23-13-6-4-5-12(9-13)20-18(22)11-7-14(24-2)17(15(8-11)25-3)26-10-16(19)21/h4-9H,10H2,1-3H3,(H2,19,21)(H,20,22). The van der Waals surface area contributed by atoms with Gasteiger partial charge in [-0.1, -0.05) is 6.07 Å². The molecule has 0 radical (unpaired) electrons. The second kappa shape index (κ2) is 8.61. The minimum Gasteiger partial charge on any atom is -0.497 e. The van der Waals surface area contributed by atoms with Crippen LogP contribution in [-0.2, 0) is 4.79 Å². The van der Waals surface area contributed by atoms with Crippen LogP contribution in [0.25, 0.3) is 0 Å². The van der Waals surface area contributed by atoms with Crippen molar-refractivity contribution in [2.45, 2.75) is 0 Å². The molecule has 0 aliphatic carbocycles. The molecule has 0 aliphatic rings. The van der Waals surface area contributed by atoms with Crippen molar-refractivity contribution in [3.05, 3.63) is 42.0 Å². The van der Waals surface area contributed by atoms with E-state index >= 15 is 0 Å². The third kappa shape index (κ3) is 4.56. The molecule has 0 saturated heterocycles. The highest BCUT2D eigenvalue weighted by molar-refractivity contribution is 6.05. The van der Waals surface area contributed by atoms with E-state index in [1.807, 2.05) is 0 Å². The van der Waals surface area contributed by atoms with Gasteiger partial charge in [-0.2, -0.15) is 0 Å². The Bertz CT molecular complexity index is 781. The third-order valence-corrected chi connectivity index (χ3v) is 3.41. The first-order valence-electron chi connectivity index (χ1n) is 7.61. The number of rotatable bonds is 8. The van der Waals surface area contributed by atoms with Crippen molar-refractivity contribution in [1.82, 2.24) is 0 Å². The molecule has 0 bridgehead atoms. The number of carbonyl (C=O) groups excluding carboxylic acids is 2. The van der Waals surface area contributed by atoms with Crippen LogP contribution in [0.3, 0.4) is 0 Å². The van der Waals surface area contributed by atoms with Gasteiger partial charge in [-0.05, 0) is 24.3 Å². The van der Waals surface area contributed by atoms with E-state index in [0.717, 1.165) is 0 Å². The fraction of sp³-hybridized carbons (Fsp3) is 0.222. The second-order valence-corrected chi connectivity index (χ2v) is 5.15. The molecule has 138 valence electrons. The molecule has 0 spiro atoms. The lowest BCUT2D eigenvalue weighted by Gasteiger charge is -2.15. The van der Waals surface area contributed by atoms with Gasteiger partial charge in [-0.25, -0.2) is 0 Å². The zero-order valence-electron chi connectivity index (χ0n) is 14.7. The first-order valence-corrected chi connectivity index (χ1v) is 7.61. The summed E-state index contributed by atoms with van der Waals surface area (Å²) in [6.07, 6.45) is 0. The average Bonchev–Trinajstić information content (AvgIpc) is 2.65. The van der Waals surface area contributed by atoms with E-state index in [4.69, 9.17) is 24.7 Å². The zero-order valence-corrected chi connectivity index (χ0v) is 14.7. The number of anilines is 1. The topological polar surface area (TPSA) is 109 Å². The molecule has 3 N–H and O–H groups in total. The van der Waals surface area contributed by atoms with Crippen molar-refractivity contribution >= 4 is 17.5 Å². The maximum absolute atomic E-state index is 12.5. The van der Waals surface area contributed by atoms with Crippen molar-refractivity contribution in [2.75, 3.05) is 33.3 Å². The van der Waals surface area contributed by atoms with E-state index in [1.165, 1.54) is 26.4 Å². The predicted octanol–water partition coefficient (Wildman–Crippen LogP) is 1.83. The second-order valence-electron chi connectivity index (χ2n) is 5.15. The molecule has 2 rings (SSSR count). The van der Waals surface area contributed by atoms with Crippen LogP contribution in [0.15, 0.2) is 36.4 Å². The molecule has 8 nitrogen and oxygen atoms in total. The highest BCUT2D eigenvalue weighted by Crippen LogP contribution is 2.38. The van der Waals surface area contributed by atoms with Crippen LogP contribution in [-0.4, -0.2) is 39.8 Å². The lowest BCUT2D eigenvalue weighted by molar-refractivity contribution is -0.120. The third-order valence-electron chi connectivity index (χ3n) is 3.41. The van der Waals surface area contributed by atoms with Crippen molar-refractivity contribution in [3.63, 3.8) is 0 Å². The molecule has 0 fully saturated rings. The fourth-order valence-electron chi connectivity index (χ4n) is 2.20. The summed E-state index contributed by atoms with van der Waals surface area (Å²) in [6, 6.07) is 9.92. The van der Waals surface area contributed by atoms with Crippen LogP contribution in [0.1, 0.15) is 10.4 Å². The van der Waals surface area contributed by atoms with Gasteiger partial charge in [0.15, 0.2) is 18.1 Å². The molecule has 0 aromatic heterocycles. The van der Waals surface area contributed by atoms with E-state index in [-0.39, 0.29) is 35.3 Å². The lowest BCUT2D eigenvalue weighted by atomic mass is 10.1. The van der Waals surface area contributed by atoms with Crippen LogP contribution in [0.5, 0.6) is 23.0 Å². The average molecular weight is 360 g/mol. The van der Waals surface area contributed by atoms with Gasteiger partial charge in [0.25, 0.3) is 11.8 Å². The monoisotopic (exact) mass is 360 g/mol. The maximum Gasteiger partial charge on any atom is 0.255 e. The van der Waals surface area contributed by atoms with Gasteiger partial charge >= 0.3 is 0 Å². The number of hydrogen-bond acceptors (Lipinski definition) is 6. The molecule has 0 unspecified atom stereocenters. The summed E-state index contributed by atoms with van der Waals surface area (Å²) in [7, 11) is 4.37. The minimum atomic E-state index is -0.644. The van der Waals surface area contributed by atoms with Gasteiger partial charge in [0.2, 0.25) is 5.75 Å². The Morgan fingerprint density at radius 1 is 1.00 bits per heavy atom. The maximum atomic E-state index is 12.5. The fourth-order valence-corrected chi connectivity index (χ4v) is 2.20. The van der Waals surface area contributed by atoms with E-state index < -0.39 is 5.91 Å². The van der Waals surface area contributed by atoms with Crippen LogP contribution in [0.2, 0.25) is 0 Å². The number of hydrogen-bond donors (Lipinski definition) is 2. The number of benzene rings is 2. The first kappa shape index (κ1) is 18.9. The zero-order chi connectivity index (χ0) is 19.1. The van der Waals surface area contributed by atoms with Gasteiger partial charge in [0.1, 0.15) is 5.75 Å². The largest absolute Gasteiger partial charge is 0.497 e. The number of primary amides is 1. The molecule has 0 atom stereocenters. The molecule has 2 aromatic rings. The van der Waals surface area contributed by atoms with Crippen LogP contribution < -0.4 is 30.0 Å². The van der Waals surface area contributed by atoms with Gasteiger partial charge in [0.05, 0.1) is 21.3 Å². The quantitative estimate of drug-likeness (QED) is 0.743. The Kier molecular flexibility index (Phi) is 6.26. The molecule has 0 aliphatic heterocycles. The molecular weight excluding hydrogens is 340 g/mol. The molecule has 2 amide bonds. The minimum absolute atomic E-state index is 0.187. The van der Waals surface area contributed by atoms with E-state index in [9.17, 15) is 9.59 Å². The van der Waals surface area contributed by atoms with Gasteiger partial charge in [-0.15, -0.1) is 0 Å². The normalized spacial score (nSPS) is 9.96. The first-order chi connectivity index (χ1) is 12.5. The summed E-state index contributed by atoms with van der Waals surface area (Å²) in [4.78, 5) is 23.5. The molecule has 0 heterocycles. The highest BCUT2D eigenvalue weighted by Gasteiger charge is 2.18. The molecule has 0 saturated carbocycles. The SMILES string of the molecule is COc1cccc(NC(=O)c2cc(OC)c(OCC(N)=O)c(OC)c2)c1. The van der Waals surface area contributed by atoms with Crippen LogP contribution in [0, 0.1) is 0 Å². The summed E-state index contributed by atoms with van der Waals surface area (Å²) < 4.78 is 20.9. The molecular formula is C18H20N2O6. The number of carbonyl (C=O) groups is 2. The highest BCUT2D eigenvalue weighted by atomic mass is 16.5. The number of nitrogens with one attached hydrogen (secondary N) is 1. The molecule has 26 heavy (non-hydrogen) atoms. The Morgan fingerprint density at radius 2 is 1.65 bits per heavy atom. The van der Waals surface area contributed by atoms with Crippen molar-refractivity contribution in [2.24, 2.45) is 5.73 Å². The van der Waals surface area contributed by atoms with Gasteiger partial charge in [0, 0.05) is 17.3 Å². The Labute approximate surface area is 150 Å². The van der Waals surface area contributed by atoms with Crippen molar-refractivity contribution < 1.29 is 28.5 Å². The van der Waals surface area contributed by atoms with Crippen molar-refractivity contribution in [1.29, 1.82) is 0 Å². The molecule has 8 heteroatoms. The molecule has 2 aromatic carbocycles. The van der Waals surface area contributed by atoms with E-state index in [0.29, 0.717) is 11.4 Å². The van der Waals surface area contributed by atoms with Crippen LogP contribution in [0.4, 0.5) is 5.69 Å². The van der Waals surface area contributed by atoms with Crippen molar-refractivity contribution in [3.8, 4) is 23.0 Å². The Hall–Kier alpha value is -3.42. The Morgan fingerprint density at radius 3 is 2.19 bits per heavy atom. The number of nitrogens with two attached hydrogens (primary N) is 1. The van der Waals surface area contributed by atoms with E-state index in [2.05, 4.69) is 5.32 Å². The summed E-state index contributed by atoms with van der Waals surface area (Å²) in [5.41, 5.74) is 5.95. The summed E-state index contributed by atoms with van der Waals surface area (Å²) in [6.45, 7) is -0.345. The predicted molar refractivity (Wildman–Crippen MR) is 95.2 cm³/mol. The number of ether oxygens (including phenoxy) is 4. The smallest absolute Gasteiger partial charge is 0.255 e. The summed E-state index contributed by atoms with van der Waals surface area (Å²) in [5.74, 6) is 0.257. The van der Waals surface area contributed by atoms with Gasteiger partial charge in [-0.3, -0.25) is 9.59 Å². The van der Waals surface area contributed by atoms with E-state index in [1.54, 1.807) is 31.4 Å². The van der Waals surface area contributed by atoms with Gasteiger partial charge < -0.3 is 30.0 Å².